The lowest BCUT2D eigenvalue weighted by atomic mass is 9.88. The summed E-state index contributed by atoms with van der Waals surface area (Å²) in [6, 6.07) is 2.51. The standard InChI is InChI=1S/C19H18Cl2F3N5O2/c20-12-2-1-9(3-13(12)21)16-15(17(25)30)14-8-28(7-11(6-22)29(14)27-16)18(31)26-10-4-19(23,24)5-10/h1-3,10-11H,4-8H2,(H2,25,30)(H,26,31). The number of primary amides is 1. The summed E-state index contributed by atoms with van der Waals surface area (Å²) in [7, 11) is 0. The molecule has 1 aromatic carbocycles. The number of carbonyl (C=O) groups is 2. The first-order chi connectivity index (χ1) is 14.6. The van der Waals surface area contributed by atoms with Crippen LogP contribution < -0.4 is 11.1 Å². The minimum absolute atomic E-state index is 0.0320. The van der Waals surface area contributed by atoms with Crippen molar-refractivity contribution in [2.45, 2.75) is 37.4 Å². The predicted octanol–water partition coefficient (Wildman–Crippen LogP) is 3.79. The van der Waals surface area contributed by atoms with Crippen LogP contribution in [0.25, 0.3) is 11.3 Å². The van der Waals surface area contributed by atoms with Crippen LogP contribution in [-0.4, -0.2) is 51.8 Å². The molecule has 1 saturated carbocycles. The third kappa shape index (κ3) is 4.06. The molecule has 1 aliphatic carbocycles. The maximum absolute atomic E-state index is 13.8. The van der Waals surface area contributed by atoms with E-state index >= 15 is 0 Å². The number of rotatable bonds is 4. The zero-order valence-corrected chi connectivity index (χ0v) is 17.6. The Bertz CT molecular complexity index is 1050. The normalized spacial score (nSPS) is 20.2. The summed E-state index contributed by atoms with van der Waals surface area (Å²) in [5.74, 6) is -3.59. The fraction of sp³-hybridized carbons (Fsp3) is 0.421. The molecule has 1 aliphatic heterocycles. The Kier molecular flexibility index (Phi) is 5.55. The number of alkyl halides is 3. The SMILES string of the molecule is NC(=O)c1c(-c2ccc(Cl)c(Cl)c2)nn2c1CN(C(=O)NC1CC(F)(F)C1)CC2CF. The van der Waals surface area contributed by atoms with Gasteiger partial charge in [-0.25, -0.2) is 18.0 Å². The predicted molar refractivity (Wildman–Crippen MR) is 108 cm³/mol. The van der Waals surface area contributed by atoms with E-state index in [1.165, 1.54) is 21.7 Å². The van der Waals surface area contributed by atoms with Crippen LogP contribution in [-0.2, 0) is 6.54 Å². The Morgan fingerprint density at radius 3 is 2.55 bits per heavy atom. The van der Waals surface area contributed by atoms with Gasteiger partial charge in [0, 0.05) is 31.0 Å². The largest absolute Gasteiger partial charge is 0.365 e. The summed E-state index contributed by atoms with van der Waals surface area (Å²) in [4.78, 5) is 26.1. The molecule has 7 nitrogen and oxygen atoms in total. The van der Waals surface area contributed by atoms with Crippen LogP contribution in [0.15, 0.2) is 18.2 Å². The van der Waals surface area contributed by atoms with Crippen molar-refractivity contribution in [1.82, 2.24) is 20.0 Å². The van der Waals surface area contributed by atoms with Crippen molar-refractivity contribution in [3.8, 4) is 11.3 Å². The zero-order chi connectivity index (χ0) is 22.5. The molecule has 4 rings (SSSR count). The zero-order valence-electron chi connectivity index (χ0n) is 16.0. The molecule has 0 radical (unpaired) electrons. The number of nitrogens with one attached hydrogen (secondary N) is 1. The van der Waals surface area contributed by atoms with Gasteiger partial charge in [-0.15, -0.1) is 0 Å². The molecule has 0 bridgehead atoms. The topological polar surface area (TPSA) is 93.2 Å². The smallest absolute Gasteiger partial charge is 0.318 e. The van der Waals surface area contributed by atoms with Gasteiger partial charge in [0.2, 0.25) is 0 Å². The highest BCUT2D eigenvalue weighted by Crippen LogP contribution is 2.38. The van der Waals surface area contributed by atoms with Crippen LogP contribution in [0.3, 0.4) is 0 Å². The van der Waals surface area contributed by atoms with E-state index < -0.39 is 49.5 Å². The van der Waals surface area contributed by atoms with Gasteiger partial charge in [-0.2, -0.15) is 5.10 Å². The summed E-state index contributed by atoms with van der Waals surface area (Å²) >= 11 is 12.0. The Balaban J connectivity index is 1.67. The van der Waals surface area contributed by atoms with Crippen LogP contribution in [0.1, 0.15) is 34.9 Å². The van der Waals surface area contributed by atoms with E-state index in [9.17, 15) is 22.8 Å². The molecular weight excluding hydrogens is 458 g/mol. The molecule has 12 heteroatoms. The number of halogens is 5. The quantitative estimate of drug-likeness (QED) is 0.704. The lowest BCUT2D eigenvalue weighted by Crippen LogP contribution is -2.55. The van der Waals surface area contributed by atoms with Crippen LogP contribution in [0, 0.1) is 0 Å². The van der Waals surface area contributed by atoms with Crippen molar-refractivity contribution in [2.24, 2.45) is 5.73 Å². The molecule has 166 valence electrons. The van der Waals surface area contributed by atoms with E-state index in [1.807, 2.05) is 0 Å². The second-order valence-corrected chi connectivity index (χ2v) is 8.52. The lowest BCUT2D eigenvalue weighted by molar-refractivity contribution is -0.0904. The van der Waals surface area contributed by atoms with Gasteiger partial charge in [-0.3, -0.25) is 9.48 Å². The molecular formula is C19H18Cl2F3N5O2. The number of nitrogens with two attached hydrogens (primary N) is 1. The van der Waals surface area contributed by atoms with Crippen LogP contribution >= 0.6 is 23.2 Å². The Labute approximate surface area is 185 Å². The second kappa shape index (κ2) is 7.90. The minimum Gasteiger partial charge on any atom is -0.365 e. The maximum atomic E-state index is 13.8. The van der Waals surface area contributed by atoms with Crippen molar-refractivity contribution in [1.29, 1.82) is 0 Å². The first-order valence-corrected chi connectivity index (χ1v) is 10.2. The molecule has 31 heavy (non-hydrogen) atoms. The van der Waals surface area contributed by atoms with Crippen molar-refractivity contribution in [3.05, 3.63) is 39.5 Å². The first-order valence-electron chi connectivity index (χ1n) is 9.45. The van der Waals surface area contributed by atoms with E-state index in [0.717, 1.165) is 0 Å². The lowest BCUT2D eigenvalue weighted by Gasteiger charge is -2.38. The molecule has 1 aromatic heterocycles. The number of amides is 3. The third-order valence-corrected chi connectivity index (χ3v) is 6.19. The highest BCUT2D eigenvalue weighted by Gasteiger charge is 2.46. The molecule has 1 fully saturated rings. The molecule has 2 aliphatic rings. The van der Waals surface area contributed by atoms with Gasteiger partial charge in [0.15, 0.2) is 0 Å². The Morgan fingerprint density at radius 2 is 1.97 bits per heavy atom. The van der Waals surface area contributed by atoms with Crippen LogP contribution in [0.5, 0.6) is 0 Å². The summed E-state index contributed by atoms with van der Waals surface area (Å²) < 4.78 is 41.3. The monoisotopic (exact) mass is 475 g/mol. The van der Waals surface area contributed by atoms with Crippen molar-refractivity contribution in [2.75, 3.05) is 13.2 Å². The molecule has 1 unspecified atom stereocenters. The van der Waals surface area contributed by atoms with Crippen molar-refractivity contribution < 1.29 is 22.8 Å². The van der Waals surface area contributed by atoms with E-state index in [4.69, 9.17) is 28.9 Å². The fourth-order valence-electron chi connectivity index (χ4n) is 3.90. The number of urea groups is 1. The van der Waals surface area contributed by atoms with E-state index in [0.29, 0.717) is 10.6 Å². The number of hydrogen-bond donors (Lipinski definition) is 2. The fourth-order valence-corrected chi connectivity index (χ4v) is 4.20. The van der Waals surface area contributed by atoms with Gasteiger partial charge in [0.25, 0.3) is 11.8 Å². The summed E-state index contributed by atoms with van der Waals surface area (Å²) in [5, 5.41) is 7.45. The molecule has 0 saturated heterocycles. The minimum atomic E-state index is -2.78. The average molecular weight is 476 g/mol. The molecule has 1 atom stereocenters. The van der Waals surface area contributed by atoms with Crippen LogP contribution in [0.2, 0.25) is 10.0 Å². The Hall–Kier alpha value is -2.46. The van der Waals surface area contributed by atoms with Gasteiger partial charge in [-0.1, -0.05) is 29.3 Å². The van der Waals surface area contributed by atoms with E-state index in [1.54, 1.807) is 6.07 Å². The van der Waals surface area contributed by atoms with Gasteiger partial charge in [0.1, 0.15) is 12.4 Å². The summed E-state index contributed by atoms with van der Waals surface area (Å²) in [5.41, 5.74) is 6.53. The van der Waals surface area contributed by atoms with Gasteiger partial charge < -0.3 is 16.0 Å². The number of aromatic nitrogens is 2. The van der Waals surface area contributed by atoms with Crippen molar-refractivity contribution >= 4 is 35.1 Å². The highest BCUT2D eigenvalue weighted by atomic mass is 35.5. The number of hydrogen-bond acceptors (Lipinski definition) is 3. The number of carbonyl (C=O) groups excluding carboxylic acids is 2. The third-order valence-electron chi connectivity index (χ3n) is 5.45. The number of fused-ring (bicyclic) bond motifs is 1. The number of benzene rings is 1. The summed E-state index contributed by atoms with van der Waals surface area (Å²) in [6.07, 6.45) is -0.879. The van der Waals surface area contributed by atoms with Gasteiger partial charge in [-0.05, 0) is 12.1 Å². The van der Waals surface area contributed by atoms with E-state index in [2.05, 4.69) is 10.4 Å². The molecule has 3 N–H and O–H groups in total. The second-order valence-electron chi connectivity index (χ2n) is 7.71. The molecule has 2 heterocycles. The van der Waals surface area contributed by atoms with Crippen LogP contribution in [0.4, 0.5) is 18.0 Å². The molecule has 2 aromatic rings. The first kappa shape index (κ1) is 21.8. The van der Waals surface area contributed by atoms with Gasteiger partial charge >= 0.3 is 6.03 Å². The number of nitrogens with zero attached hydrogens (tertiary/aromatic N) is 3. The van der Waals surface area contributed by atoms with Crippen molar-refractivity contribution in [3.63, 3.8) is 0 Å². The van der Waals surface area contributed by atoms with E-state index in [-0.39, 0.29) is 35.1 Å². The molecule has 3 amide bonds. The summed E-state index contributed by atoms with van der Waals surface area (Å²) in [6.45, 7) is -0.990. The van der Waals surface area contributed by atoms with Gasteiger partial charge in [0.05, 0.1) is 33.9 Å². The Morgan fingerprint density at radius 1 is 1.26 bits per heavy atom. The molecule has 0 spiro atoms. The highest BCUT2D eigenvalue weighted by molar-refractivity contribution is 6.42. The average Bonchev–Trinajstić information content (AvgIpc) is 3.07. The maximum Gasteiger partial charge on any atom is 0.318 e.